The summed E-state index contributed by atoms with van der Waals surface area (Å²) in [6.45, 7) is 0.208. The number of aromatic nitrogens is 1. The summed E-state index contributed by atoms with van der Waals surface area (Å²) in [5.41, 5.74) is -28.7. The second kappa shape index (κ2) is 21.7. The predicted octanol–water partition coefficient (Wildman–Crippen LogP) is 14.3. The van der Waals surface area contributed by atoms with Crippen molar-refractivity contribution in [3.05, 3.63) is 219 Å². The number of hydrogen-bond donors (Lipinski definition) is 0. The molecule has 1 aromatic heterocycles. The molecule has 0 aliphatic carbocycles. The van der Waals surface area contributed by atoms with E-state index in [0.29, 0.717) is 16.7 Å². The van der Waals surface area contributed by atoms with Crippen LogP contribution in [0.25, 0.3) is 0 Å². The van der Waals surface area contributed by atoms with Gasteiger partial charge in [0.1, 0.15) is 6.15 Å². The molecule has 7 rings (SSSR count). The van der Waals surface area contributed by atoms with Crippen LogP contribution in [0.4, 0.5) is 105 Å². The fourth-order valence-corrected chi connectivity index (χ4v) is 8.53. The van der Waals surface area contributed by atoms with Gasteiger partial charge in [-0.1, -0.05) is 109 Å². The lowest BCUT2D eigenvalue weighted by molar-refractivity contribution is -0.683. The molecule has 1 heterocycles. The number of Topliss-reactive ketones (excluding diaryl/α,β-unsaturated/α-hetero) is 1. The molecule has 0 saturated carbocycles. The van der Waals surface area contributed by atoms with Gasteiger partial charge in [0.25, 0.3) is 0 Å². The molecule has 80 heavy (non-hydrogen) atoms. The number of rotatable bonds is 9. The maximum absolute atomic E-state index is 14.2. The van der Waals surface area contributed by atoms with Crippen LogP contribution >= 0.6 is 0 Å². The zero-order chi connectivity index (χ0) is 60.0. The Hall–Kier alpha value is -7.81. The van der Waals surface area contributed by atoms with Crippen molar-refractivity contribution in [2.24, 2.45) is 0 Å². The van der Waals surface area contributed by atoms with Gasteiger partial charge in [0.05, 0.1) is 44.5 Å². The van der Waals surface area contributed by atoms with Gasteiger partial charge in [0.2, 0.25) is 12.3 Å². The van der Waals surface area contributed by atoms with Gasteiger partial charge in [-0.15, -0.1) is 0 Å². The molecule has 0 saturated heterocycles. The first kappa shape index (κ1) is 61.4. The first-order valence-electron chi connectivity index (χ1n) is 22.0. The van der Waals surface area contributed by atoms with E-state index in [1.54, 1.807) is 41.0 Å². The van der Waals surface area contributed by atoms with Gasteiger partial charge in [-0.2, -0.15) is 132 Å². The van der Waals surface area contributed by atoms with Gasteiger partial charge >= 0.3 is 49.4 Å². The lowest BCUT2D eigenvalue weighted by Crippen LogP contribution is -2.75. The van der Waals surface area contributed by atoms with Gasteiger partial charge in [0, 0.05) is 28.8 Å². The first-order valence-corrected chi connectivity index (χ1v) is 22.0. The minimum atomic E-state index is -6.13. The molecule has 0 spiro atoms. The van der Waals surface area contributed by atoms with Gasteiger partial charge in [-0.25, -0.2) is 0 Å². The van der Waals surface area contributed by atoms with E-state index in [4.69, 9.17) is 0 Å². The summed E-state index contributed by atoms with van der Waals surface area (Å²) in [5.74, 6) is -0.214. The quantitative estimate of drug-likeness (QED) is 0.0625. The second-order valence-corrected chi connectivity index (χ2v) is 17.4. The molecule has 7 aromatic rings. The highest BCUT2D eigenvalue weighted by atomic mass is 19.4. The lowest BCUT2D eigenvalue weighted by atomic mass is 9.12. The number of pyridine rings is 1. The number of hydrogen-bond acceptors (Lipinski definition) is 2. The average molecular weight is 1170 g/mol. The largest absolute Gasteiger partial charge is 0.416 e. The Bertz CT molecular complexity index is 2950. The number of nitrogens with zero attached hydrogens (tertiary/aromatic N) is 1. The van der Waals surface area contributed by atoms with Crippen LogP contribution < -0.4 is 26.4 Å². The highest BCUT2D eigenvalue weighted by molar-refractivity contribution is 7.20. The molecule has 0 radical (unpaired) electrons. The van der Waals surface area contributed by atoms with Crippen molar-refractivity contribution in [2.45, 2.75) is 56.0 Å². The summed E-state index contributed by atoms with van der Waals surface area (Å²) >= 11 is 0. The standard InChI is InChI=1S/C32H12BF24.C20H16NO2/c34-25(35,36)13-1-14(26(37,38)39)6-21(5-13)33(22-7-15(27(40,41)42)2-16(8-22)28(43,44)45,23-9-17(29(46,47)48)3-18(10-23)30(49,50)51)24-11-19(31(52,53)54)4-20(12-24)32(55,56)57;22-19(15-21-13-7-2-8-14-21)17-11-5-6-12-18(17)20(23)16-9-3-1-4-10-16/h1-12H;1-14H,15H2/q-1;+1. The van der Waals surface area contributed by atoms with Gasteiger partial charge in [0.15, 0.2) is 18.2 Å². The molecule has 3 nitrogen and oxygen atoms in total. The molecule has 0 aliphatic rings. The fraction of sp³-hybridized carbons (Fsp3) is 0.173. The van der Waals surface area contributed by atoms with Crippen LogP contribution in [0.15, 0.2) is 158 Å². The maximum atomic E-state index is 14.2. The minimum absolute atomic E-state index is 0.0823. The molecule has 424 valence electrons. The van der Waals surface area contributed by atoms with E-state index in [1.165, 1.54) is 0 Å². The van der Waals surface area contributed by atoms with Crippen LogP contribution in [-0.2, 0) is 56.0 Å². The molecule has 0 unspecified atom stereocenters. The summed E-state index contributed by atoms with van der Waals surface area (Å²) in [5, 5.41) is 0. The highest BCUT2D eigenvalue weighted by Gasteiger charge is 2.47. The van der Waals surface area contributed by atoms with E-state index in [2.05, 4.69) is 0 Å². The Morgan fingerprint density at radius 1 is 0.312 bits per heavy atom. The van der Waals surface area contributed by atoms with E-state index in [0.717, 1.165) is 0 Å². The number of halogens is 24. The van der Waals surface area contributed by atoms with Crippen molar-refractivity contribution in [1.29, 1.82) is 0 Å². The Morgan fingerprint density at radius 3 is 0.812 bits per heavy atom. The predicted molar refractivity (Wildman–Crippen MR) is 237 cm³/mol. The SMILES string of the molecule is FC(F)(F)c1cc([B-](c2cc(C(F)(F)F)cc(C(F)(F)F)c2)(c2cc(C(F)(F)F)cc(C(F)(F)F)c2)c2cc(C(F)(F)F)cc(C(F)(F)F)c2)cc(C(F)(F)F)c1.O=C(C[n+]1ccccc1)c1ccccc1C(=O)c1ccccc1. The molecule has 6 aromatic carbocycles. The van der Waals surface area contributed by atoms with Crippen LogP contribution in [0, 0.1) is 0 Å². The average Bonchev–Trinajstić information content (AvgIpc) is 3.35. The maximum Gasteiger partial charge on any atom is 0.416 e. The van der Waals surface area contributed by atoms with Crippen molar-refractivity contribution in [3.8, 4) is 0 Å². The zero-order valence-electron chi connectivity index (χ0n) is 39.1. The highest BCUT2D eigenvalue weighted by Crippen LogP contribution is 2.41. The Balaban J connectivity index is 0.000000370. The van der Waals surface area contributed by atoms with E-state index >= 15 is 0 Å². The number of ketones is 2. The molecule has 0 N–H and O–H groups in total. The van der Waals surface area contributed by atoms with E-state index < -0.39 is 195 Å². The lowest BCUT2D eigenvalue weighted by Gasteiger charge is -2.46. The fourth-order valence-electron chi connectivity index (χ4n) is 8.53. The third kappa shape index (κ3) is 14.0. The van der Waals surface area contributed by atoms with Crippen molar-refractivity contribution in [1.82, 2.24) is 0 Å². The van der Waals surface area contributed by atoms with Crippen molar-refractivity contribution in [2.75, 3.05) is 0 Å². The third-order valence-electron chi connectivity index (χ3n) is 12.1. The summed E-state index contributed by atoms with van der Waals surface area (Å²) in [4.78, 5) is 25.3. The smallest absolute Gasteiger partial charge is 0.289 e. The monoisotopic (exact) mass is 1170 g/mol. The molecule has 28 heteroatoms. The van der Waals surface area contributed by atoms with Crippen LogP contribution in [-0.4, -0.2) is 17.7 Å². The molecule has 0 fully saturated rings. The Kier molecular flexibility index (Phi) is 16.6. The number of benzene rings is 6. The number of alkyl halides is 24. The molecular formula is C52H28BF24NO2. The summed E-state index contributed by atoms with van der Waals surface area (Å²) in [6, 6.07) is 12.8. The third-order valence-corrected chi connectivity index (χ3v) is 12.1. The summed E-state index contributed by atoms with van der Waals surface area (Å²) < 4.78 is 343. The van der Waals surface area contributed by atoms with Gasteiger partial charge in [-0.05, 0) is 24.3 Å². The van der Waals surface area contributed by atoms with E-state index in [9.17, 15) is 115 Å². The molecule has 0 bridgehead atoms. The normalized spacial score (nSPS) is 13.2. The molecule has 0 atom stereocenters. The first-order chi connectivity index (χ1) is 36.5. The van der Waals surface area contributed by atoms with Gasteiger partial charge in [-0.3, -0.25) is 9.59 Å². The molecule has 0 aliphatic heterocycles. The van der Waals surface area contributed by atoms with E-state index in [1.807, 2.05) is 48.8 Å². The van der Waals surface area contributed by atoms with Gasteiger partial charge < -0.3 is 0 Å². The molecule has 0 amide bonds. The summed E-state index contributed by atoms with van der Waals surface area (Å²) in [6.07, 6.45) is -51.1. The van der Waals surface area contributed by atoms with Crippen molar-refractivity contribution >= 4 is 39.6 Å². The second-order valence-electron chi connectivity index (χ2n) is 17.4. The zero-order valence-corrected chi connectivity index (χ0v) is 39.1. The number of carbonyl (C=O) groups is 2. The molecular weight excluding hydrogens is 1140 g/mol. The Morgan fingerprint density at radius 2 is 0.550 bits per heavy atom. The minimum Gasteiger partial charge on any atom is -0.289 e. The van der Waals surface area contributed by atoms with Crippen LogP contribution in [0.1, 0.15) is 70.8 Å². The van der Waals surface area contributed by atoms with Crippen LogP contribution in [0.5, 0.6) is 0 Å². The van der Waals surface area contributed by atoms with Crippen molar-refractivity contribution < 1.29 is 120 Å². The van der Waals surface area contributed by atoms with Crippen molar-refractivity contribution in [3.63, 3.8) is 0 Å². The summed E-state index contributed by atoms with van der Waals surface area (Å²) in [7, 11) is 0. The Labute approximate surface area is 433 Å². The van der Waals surface area contributed by atoms with Crippen LogP contribution in [0.3, 0.4) is 0 Å². The number of carbonyl (C=O) groups excluding carboxylic acids is 2. The topological polar surface area (TPSA) is 38.0 Å². The van der Waals surface area contributed by atoms with E-state index in [-0.39, 0.29) is 18.1 Å². The van der Waals surface area contributed by atoms with Crippen LogP contribution in [0.2, 0.25) is 0 Å².